The van der Waals surface area contributed by atoms with Gasteiger partial charge in [-0.25, -0.2) is 4.98 Å². The highest BCUT2D eigenvalue weighted by Gasteiger charge is 2.38. The number of nitrogens with zero attached hydrogens (tertiary/aromatic N) is 1. The molecule has 1 amide bonds. The predicted octanol–water partition coefficient (Wildman–Crippen LogP) is 7.52. The van der Waals surface area contributed by atoms with Gasteiger partial charge in [-0.1, -0.05) is 91.5 Å². The molecule has 4 aromatic carbocycles. The fourth-order valence-corrected chi connectivity index (χ4v) is 7.87. The lowest BCUT2D eigenvalue weighted by Gasteiger charge is -2.41. The van der Waals surface area contributed by atoms with E-state index in [0.29, 0.717) is 12.3 Å². The third-order valence-electron chi connectivity index (χ3n) is 8.24. The highest BCUT2D eigenvalue weighted by molar-refractivity contribution is 8.01. The van der Waals surface area contributed by atoms with E-state index in [9.17, 15) is 14.7 Å². The Balaban J connectivity index is 1.22. The van der Waals surface area contributed by atoms with Gasteiger partial charge in [-0.15, -0.1) is 11.3 Å². The van der Waals surface area contributed by atoms with Crippen molar-refractivity contribution in [1.82, 2.24) is 10.3 Å². The van der Waals surface area contributed by atoms with Crippen molar-refractivity contribution in [3.8, 4) is 11.1 Å². The Morgan fingerprint density at radius 2 is 1.64 bits per heavy atom. The number of aliphatic hydroxyl groups excluding tert-OH is 1. The minimum absolute atomic E-state index is 0.0143. The van der Waals surface area contributed by atoms with Gasteiger partial charge >= 0.3 is 5.97 Å². The number of carboxylic acids is 1. The first-order chi connectivity index (χ1) is 22.9. The molecule has 6 rings (SSSR count). The number of amides is 1. The van der Waals surface area contributed by atoms with Crippen LogP contribution in [0.25, 0.3) is 21.3 Å². The molecule has 47 heavy (non-hydrogen) atoms. The van der Waals surface area contributed by atoms with Crippen molar-refractivity contribution in [3.05, 3.63) is 119 Å². The number of nitrogens with one attached hydrogen (secondary N) is 1. The summed E-state index contributed by atoms with van der Waals surface area (Å²) < 4.78 is 15.6. The third-order valence-corrected chi connectivity index (χ3v) is 10.5. The van der Waals surface area contributed by atoms with Crippen LogP contribution in [0.15, 0.2) is 101 Å². The smallest absolute Gasteiger partial charge is 0.303 e. The summed E-state index contributed by atoms with van der Waals surface area (Å²) in [4.78, 5) is 27.6. The van der Waals surface area contributed by atoms with Gasteiger partial charge in [0, 0.05) is 30.2 Å². The molecule has 10 heteroatoms. The molecule has 242 valence electrons. The van der Waals surface area contributed by atoms with Crippen molar-refractivity contribution in [2.24, 2.45) is 5.92 Å². The number of fused-ring (bicyclic) bond motifs is 1. The second kappa shape index (κ2) is 15.2. The van der Waals surface area contributed by atoms with E-state index in [0.717, 1.165) is 47.9 Å². The monoisotopic (exact) mass is 668 g/mol. The Morgan fingerprint density at radius 1 is 0.872 bits per heavy atom. The van der Waals surface area contributed by atoms with E-state index >= 15 is 0 Å². The van der Waals surface area contributed by atoms with Gasteiger partial charge in [0.2, 0.25) is 5.91 Å². The second-order valence-corrected chi connectivity index (χ2v) is 13.9. The predicted molar refractivity (Wildman–Crippen MR) is 184 cm³/mol. The van der Waals surface area contributed by atoms with Crippen molar-refractivity contribution in [1.29, 1.82) is 0 Å². The summed E-state index contributed by atoms with van der Waals surface area (Å²) in [7, 11) is 0. The lowest BCUT2D eigenvalue weighted by molar-refractivity contribution is -0.268. The van der Waals surface area contributed by atoms with Crippen LogP contribution in [0.5, 0.6) is 0 Å². The van der Waals surface area contributed by atoms with Gasteiger partial charge in [-0.2, -0.15) is 0 Å². The SMILES string of the molecule is CC1C(CSc2nc3ccccc3s2)OC(c2cccc(-c3cccc(CNC(=O)CCC(=O)O)c3)c2)OC1c1ccc(CO)cc1. The fourth-order valence-electron chi connectivity index (χ4n) is 5.61. The van der Waals surface area contributed by atoms with Gasteiger partial charge in [0.05, 0.1) is 35.5 Å². The molecule has 1 aromatic heterocycles. The molecule has 5 aromatic rings. The zero-order chi connectivity index (χ0) is 32.8. The molecule has 1 saturated heterocycles. The number of ether oxygens (including phenoxy) is 2. The summed E-state index contributed by atoms with van der Waals surface area (Å²) in [5.41, 5.74) is 6.66. The maximum atomic E-state index is 12.1. The molecular weight excluding hydrogens is 633 g/mol. The molecule has 0 bridgehead atoms. The van der Waals surface area contributed by atoms with E-state index in [1.807, 2.05) is 84.9 Å². The van der Waals surface area contributed by atoms with Crippen molar-refractivity contribution in [2.45, 2.75) is 55.8 Å². The van der Waals surface area contributed by atoms with Crippen LogP contribution in [0.2, 0.25) is 0 Å². The van der Waals surface area contributed by atoms with Crippen molar-refractivity contribution >= 4 is 45.2 Å². The van der Waals surface area contributed by atoms with Crippen LogP contribution >= 0.6 is 23.1 Å². The number of hydrogen-bond donors (Lipinski definition) is 3. The van der Waals surface area contributed by atoms with Crippen LogP contribution in [0, 0.1) is 5.92 Å². The number of aliphatic carboxylic acids is 1. The lowest BCUT2D eigenvalue weighted by Crippen LogP contribution is -2.38. The minimum atomic E-state index is -0.994. The molecular formula is C37H36N2O6S2. The van der Waals surface area contributed by atoms with E-state index < -0.39 is 12.3 Å². The molecule has 0 spiro atoms. The minimum Gasteiger partial charge on any atom is -0.481 e. The standard InChI is InChI=1S/C37H36N2O6S2/c1-23-31(22-46-37-39-30-10-2-3-11-32(30)47-37)44-36(45-35(23)26-14-12-24(21-40)13-15-26)29-9-5-8-28(19-29)27-7-4-6-25(18-27)20-38-33(41)16-17-34(42)43/h2-15,18-19,23,31,35-36,40H,16-17,20-22H2,1H3,(H,38,41)(H,42,43). The van der Waals surface area contributed by atoms with Crippen molar-refractivity contribution < 1.29 is 29.3 Å². The number of benzene rings is 4. The molecule has 4 unspecified atom stereocenters. The van der Waals surface area contributed by atoms with Crippen LogP contribution in [-0.2, 0) is 32.2 Å². The van der Waals surface area contributed by atoms with Gasteiger partial charge in [-0.05, 0) is 52.1 Å². The first kappa shape index (κ1) is 32.9. The van der Waals surface area contributed by atoms with Crippen LogP contribution in [-0.4, -0.2) is 38.9 Å². The Kier molecular flexibility index (Phi) is 10.6. The molecule has 0 aliphatic carbocycles. The van der Waals surface area contributed by atoms with Crippen molar-refractivity contribution in [3.63, 3.8) is 0 Å². The van der Waals surface area contributed by atoms with E-state index in [1.165, 1.54) is 0 Å². The Morgan fingerprint density at radius 3 is 2.40 bits per heavy atom. The molecule has 0 saturated carbocycles. The van der Waals surface area contributed by atoms with Gasteiger partial charge in [-0.3, -0.25) is 9.59 Å². The van der Waals surface area contributed by atoms with Crippen LogP contribution in [0.4, 0.5) is 0 Å². The number of rotatable bonds is 12. The number of aromatic nitrogens is 1. The summed E-state index contributed by atoms with van der Waals surface area (Å²) in [6, 6.07) is 32.1. The maximum absolute atomic E-state index is 12.1. The quantitative estimate of drug-likeness (QED) is 0.117. The average Bonchev–Trinajstić information content (AvgIpc) is 3.53. The van der Waals surface area contributed by atoms with E-state index in [1.54, 1.807) is 23.1 Å². The highest BCUT2D eigenvalue weighted by atomic mass is 32.2. The Bertz CT molecular complexity index is 1810. The summed E-state index contributed by atoms with van der Waals surface area (Å²) >= 11 is 3.39. The second-order valence-electron chi connectivity index (χ2n) is 11.6. The number of carbonyl (C=O) groups is 2. The Labute approximate surface area is 281 Å². The van der Waals surface area contributed by atoms with E-state index in [4.69, 9.17) is 19.6 Å². The largest absolute Gasteiger partial charge is 0.481 e. The number of hydrogen-bond acceptors (Lipinski definition) is 8. The zero-order valence-electron chi connectivity index (χ0n) is 25.9. The molecule has 8 nitrogen and oxygen atoms in total. The summed E-state index contributed by atoms with van der Waals surface area (Å²) in [5, 5.41) is 21.2. The number of thioether (sulfide) groups is 1. The molecule has 4 atom stereocenters. The van der Waals surface area contributed by atoms with E-state index in [2.05, 4.69) is 24.4 Å². The summed E-state index contributed by atoms with van der Waals surface area (Å²) in [6.45, 7) is 2.45. The van der Waals surface area contributed by atoms with Crippen molar-refractivity contribution in [2.75, 3.05) is 5.75 Å². The van der Waals surface area contributed by atoms with Gasteiger partial charge in [0.15, 0.2) is 10.6 Å². The molecule has 2 heterocycles. The summed E-state index contributed by atoms with van der Waals surface area (Å²) in [5.74, 6) is -0.520. The molecule has 1 aliphatic rings. The molecule has 1 aliphatic heterocycles. The van der Waals surface area contributed by atoms with Gasteiger partial charge in [0.25, 0.3) is 0 Å². The maximum Gasteiger partial charge on any atom is 0.303 e. The number of aliphatic hydroxyl groups is 1. The summed E-state index contributed by atoms with van der Waals surface area (Å²) in [6.07, 6.45) is -1.20. The van der Waals surface area contributed by atoms with Crippen LogP contribution < -0.4 is 5.32 Å². The number of para-hydroxylation sites is 1. The van der Waals surface area contributed by atoms with E-state index in [-0.39, 0.29) is 43.5 Å². The molecule has 1 fully saturated rings. The van der Waals surface area contributed by atoms with Gasteiger partial charge < -0.3 is 25.0 Å². The van der Waals surface area contributed by atoms with Crippen LogP contribution in [0.3, 0.4) is 0 Å². The first-order valence-corrected chi connectivity index (χ1v) is 17.3. The number of carboxylic acid groups (broad SMARTS) is 1. The number of carbonyl (C=O) groups excluding carboxylic acids is 1. The lowest BCUT2D eigenvalue weighted by atomic mass is 9.91. The highest BCUT2D eigenvalue weighted by Crippen LogP contribution is 2.44. The average molecular weight is 669 g/mol. The third kappa shape index (κ3) is 8.27. The topological polar surface area (TPSA) is 118 Å². The molecule has 0 radical (unpaired) electrons. The normalized spacial score (nSPS) is 19.4. The fraction of sp³-hybridized carbons (Fsp3) is 0.270. The van der Waals surface area contributed by atoms with Crippen LogP contribution in [0.1, 0.15) is 54.4 Å². The zero-order valence-corrected chi connectivity index (χ0v) is 27.5. The Hall–Kier alpha value is -4.06. The molecule has 3 N–H and O–H groups in total. The van der Waals surface area contributed by atoms with Gasteiger partial charge in [0.1, 0.15) is 0 Å². The number of thiazole rings is 1. The first-order valence-electron chi connectivity index (χ1n) is 15.5.